The van der Waals surface area contributed by atoms with E-state index in [1.807, 2.05) is 0 Å². The minimum Gasteiger partial charge on any atom is -0.325 e. The Morgan fingerprint density at radius 1 is 1.71 bits per heavy atom. The molecule has 0 aromatic rings. The van der Waals surface area contributed by atoms with Crippen LogP contribution in [-0.4, -0.2) is 30.6 Å². The van der Waals surface area contributed by atoms with Crippen LogP contribution in [0.2, 0.25) is 0 Å². The van der Waals surface area contributed by atoms with Gasteiger partial charge in [-0.05, 0) is 6.54 Å². The number of rotatable bonds is 1. The minimum absolute atomic E-state index is 0.472. The van der Waals surface area contributed by atoms with Crippen molar-refractivity contribution in [1.82, 2.24) is 4.90 Å². The highest BCUT2D eigenvalue weighted by molar-refractivity contribution is 4.80. The van der Waals surface area contributed by atoms with Crippen LogP contribution in [0.5, 0.6) is 0 Å². The smallest absolute Gasteiger partial charge is 0.0297 e. The van der Waals surface area contributed by atoms with E-state index in [0.29, 0.717) is 6.04 Å². The Balaban J connectivity index is 2.06. The largest absolute Gasteiger partial charge is 0.325 e. The Morgan fingerprint density at radius 3 is 2.43 bits per heavy atom. The van der Waals surface area contributed by atoms with E-state index in [0.717, 1.165) is 19.6 Å². The average molecular weight is 100 g/mol. The van der Waals surface area contributed by atoms with Crippen molar-refractivity contribution in [2.45, 2.75) is 13.0 Å². The number of nitrogens with two attached hydrogens (primary N) is 1. The molecule has 0 aromatic carbocycles. The first kappa shape index (κ1) is 5.06. The summed E-state index contributed by atoms with van der Waals surface area (Å²) in [5, 5.41) is 0. The summed E-state index contributed by atoms with van der Waals surface area (Å²) in [6.07, 6.45) is 0. The van der Waals surface area contributed by atoms with E-state index < -0.39 is 0 Å². The van der Waals surface area contributed by atoms with Gasteiger partial charge in [-0.1, -0.05) is 6.92 Å². The first-order valence-electron chi connectivity index (χ1n) is 2.81. The molecule has 0 aromatic heterocycles. The van der Waals surface area contributed by atoms with E-state index in [4.69, 9.17) is 5.73 Å². The summed E-state index contributed by atoms with van der Waals surface area (Å²) in [6.45, 7) is 5.53. The first-order chi connectivity index (χ1) is 3.33. The van der Waals surface area contributed by atoms with Gasteiger partial charge < -0.3 is 10.6 Å². The Kier molecular flexibility index (Phi) is 1.30. The second kappa shape index (κ2) is 1.80. The molecule has 0 amide bonds. The van der Waals surface area contributed by atoms with Crippen LogP contribution in [0.3, 0.4) is 0 Å². The lowest BCUT2D eigenvalue weighted by Gasteiger charge is -2.35. The van der Waals surface area contributed by atoms with Gasteiger partial charge in [-0.15, -0.1) is 0 Å². The molecule has 0 atom stereocenters. The van der Waals surface area contributed by atoms with E-state index in [1.54, 1.807) is 0 Å². The lowest BCUT2D eigenvalue weighted by molar-refractivity contribution is 0.160. The maximum absolute atomic E-state index is 5.50. The van der Waals surface area contributed by atoms with Gasteiger partial charge in [0, 0.05) is 19.1 Å². The van der Waals surface area contributed by atoms with Crippen LogP contribution in [0, 0.1) is 0 Å². The van der Waals surface area contributed by atoms with Gasteiger partial charge in [0.15, 0.2) is 0 Å². The zero-order valence-corrected chi connectivity index (χ0v) is 4.72. The molecule has 0 spiro atoms. The molecule has 2 nitrogen and oxygen atoms in total. The van der Waals surface area contributed by atoms with Crippen molar-refractivity contribution < 1.29 is 0 Å². The van der Waals surface area contributed by atoms with E-state index in [-0.39, 0.29) is 0 Å². The molecule has 2 N–H and O–H groups in total. The molecule has 0 bridgehead atoms. The maximum Gasteiger partial charge on any atom is 0.0297 e. The van der Waals surface area contributed by atoms with E-state index in [1.165, 1.54) is 0 Å². The number of hydrogen-bond donors (Lipinski definition) is 1. The molecule has 1 aliphatic heterocycles. The zero-order chi connectivity index (χ0) is 5.28. The molecule has 1 fully saturated rings. The number of nitrogens with zero attached hydrogens (tertiary/aromatic N) is 1. The summed E-state index contributed by atoms with van der Waals surface area (Å²) >= 11 is 0. The van der Waals surface area contributed by atoms with Gasteiger partial charge in [-0.25, -0.2) is 0 Å². The molecule has 0 aliphatic carbocycles. The lowest BCUT2D eigenvalue weighted by atomic mass is 10.1. The topological polar surface area (TPSA) is 29.3 Å². The Hall–Kier alpha value is -0.0800. The monoisotopic (exact) mass is 100 g/mol. The zero-order valence-electron chi connectivity index (χ0n) is 4.72. The van der Waals surface area contributed by atoms with Crippen LogP contribution >= 0.6 is 0 Å². The molecule has 7 heavy (non-hydrogen) atoms. The summed E-state index contributed by atoms with van der Waals surface area (Å²) < 4.78 is 0. The van der Waals surface area contributed by atoms with Gasteiger partial charge >= 0.3 is 0 Å². The fraction of sp³-hybridized carbons (Fsp3) is 1.00. The number of likely N-dealkylation sites (N-methyl/N-ethyl adjacent to an activating group) is 1. The predicted octanol–water partition coefficient (Wildman–Crippen LogP) is -0.351. The second-order valence-electron chi connectivity index (χ2n) is 2.11. The van der Waals surface area contributed by atoms with Gasteiger partial charge in [0.05, 0.1) is 0 Å². The van der Waals surface area contributed by atoms with Gasteiger partial charge in [0.1, 0.15) is 0 Å². The minimum atomic E-state index is 0.472. The maximum atomic E-state index is 5.50. The molecule has 0 radical (unpaired) electrons. The van der Waals surface area contributed by atoms with Crippen molar-refractivity contribution in [3.8, 4) is 0 Å². The van der Waals surface area contributed by atoms with Gasteiger partial charge in [0.25, 0.3) is 0 Å². The average Bonchev–Trinajstić information content (AvgIpc) is 1.58. The standard InChI is InChI=1S/C5H12N2/c1-2-7-3-5(6)4-7/h5H,2-4,6H2,1H3. The highest BCUT2D eigenvalue weighted by Crippen LogP contribution is 2.01. The van der Waals surface area contributed by atoms with E-state index in [9.17, 15) is 0 Å². The van der Waals surface area contributed by atoms with Crippen LogP contribution in [0.15, 0.2) is 0 Å². The molecule has 0 unspecified atom stereocenters. The number of hydrogen-bond acceptors (Lipinski definition) is 2. The molecule has 1 saturated heterocycles. The highest BCUT2D eigenvalue weighted by Gasteiger charge is 2.19. The molecular weight excluding hydrogens is 88.1 g/mol. The summed E-state index contributed by atoms with van der Waals surface area (Å²) in [4.78, 5) is 2.32. The van der Waals surface area contributed by atoms with Crippen molar-refractivity contribution in [1.29, 1.82) is 0 Å². The summed E-state index contributed by atoms with van der Waals surface area (Å²) in [5.74, 6) is 0. The van der Waals surface area contributed by atoms with Crippen LogP contribution in [-0.2, 0) is 0 Å². The molecule has 0 saturated carbocycles. The molecule has 42 valence electrons. The predicted molar refractivity (Wildman–Crippen MR) is 30.1 cm³/mol. The van der Waals surface area contributed by atoms with E-state index in [2.05, 4.69) is 11.8 Å². The normalized spacial score (nSPS) is 24.9. The van der Waals surface area contributed by atoms with Gasteiger partial charge in [-0.3, -0.25) is 0 Å². The third-order valence-corrected chi connectivity index (χ3v) is 1.43. The summed E-state index contributed by atoms with van der Waals surface area (Å²) in [5.41, 5.74) is 5.50. The van der Waals surface area contributed by atoms with Crippen LogP contribution in [0.1, 0.15) is 6.92 Å². The number of likely N-dealkylation sites (tertiary alicyclic amines) is 1. The molecule has 2 heteroatoms. The Bertz CT molecular complexity index is 57.1. The third-order valence-electron chi connectivity index (χ3n) is 1.43. The Labute approximate surface area is 44.3 Å². The third kappa shape index (κ3) is 0.924. The van der Waals surface area contributed by atoms with Crippen molar-refractivity contribution >= 4 is 0 Å². The highest BCUT2D eigenvalue weighted by atomic mass is 15.2. The van der Waals surface area contributed by atoms with Gasteiger partial charge in [-0.2, -0.15) is 0 Å². The molecular formula is C5H12N2. The van der Waals surface area contributed by atoms with Crippen LogP contribution in [0.4, 0.5) is 0 Å². The summed E-state index contributed by atoms with van der Waals surface area (Å²) in [6, 6.07) is 0.472. The van der Waals surface area contributed by atoms with Crippen LogP contribution < -0.4 is 5.73 Å². The lowest BCUT2D eigenvalue weighted by Crippen LogP contribution is -2.55. The summed E-state index contributed by atoms with van der Waals surface area (Å²) in [7, 11) is 0. The van der Waals surface area contributed by atoms with Crippen molar-refractivity contribution in [2.24, 2.45) is 5.73 Å². The molecule has 1 rings (SSSR count). The van der Waals surface area contributed by atoms with Crippen LogP contribution in [0.25, 0.3) is 0 Å². The molecule has 1 aliphatic rings. The first-order valence-corrected chi connectivity index (χ1v) is 2.81. The Morgan fingerprint density at radius 2 is 2.29 bits per heavy atom. The fourth-order valence-electron chi connectivity index (χ4n) is 0.868. The SMILES string of the molecule is CCN1CC(N)C1. The van der Waals surface area contributed by atoms with Gasteiger partial charge in [0.2, 0.25) is 0 Å². The van der Waals surface area contributed by atoms with Crippen molar-refractivity contribution in [2.75, 3.05) is 19.6 Å². The van der Waals surface area contributed by atoms with E-state index >= 15 is 0 Å². The van der Waals surface area contributed by atoms with Crippen molar-refractivity contribution in [3.05, 3.63) is 0 Å². The second-order valence-corrected chi connectivity index (χ2v) is 2.11. The fourth-order valence-corrected chi connectivity index (χ4v) is 0.868. The quantitative estimate of drug-likeness (QED) is 0.488. The molecule has 1 heterocycles. The van der Waals surface area contributed by atoms with Crippen molar-refractivity contribution in [3.63, 3.8) is 0 Å².